The largest absolute Gasteiger partial charge is 0.501 e. The van der Waals surface area contributed by atoms with Crippen LogP contribution in [0.1, 0.15) is 49.3 Å². The molecule has 2 aliphatic rings. The van der Waals surface area contributed by atoms with Gasteiger partial charge in [-0.25, -0.2) is 23.1 Å². The number of halogens is 3. The Hall–Kier alpha value is -4.22. The first-order valence-electron chi connectivity index (χ1n) is 15.1. The maximum atomic E-state index is 15.7. The van der Waals surface area contributed by atoms with Crippen molar-refractivity contribution in [2.24, 2.45) is 13.0 Å². The fourth-order valence-electron chi connectivity index (χ4n) is 5.98. The lowest BCUT2D eigenvalue weighted by molar-refractivity contribution is 0.142. The maximum Gasteiger partial charge on any atom is 0.142 e. The molecular weight excluding hydrogens is 597 g/mol. The van der Waals surface area contributed by atoms with Crippen LogP contribution in [-0.4, -0.2) is 37.5 Å². The molecule has 1 saturated carbocycles. The van der Waals surface area contributed by atoms with Gasteiger partial charge in [-0.1, -0.05) is 12.5 Å². The van der Waals surface area contributed by atoms with Crippen molar-refractivity contribution in [1.29, 1.82) is 0 Å². The van der Waals surface area contributed by atoms with E-state index in [1.54, 1.807) is 0 Å². The van der Waals surface area contributed by atoms with Gasteiger partial charge in [0.2, 0.25) is 0 Å². The quantitative estimate of drug-likeness (QED) is 0.138. The Morgan fingerprint density at radius 1 is 1.16 bits per heavy atom. The average Bonchev–Trinajstić information content (AvgIpc) is 3.68. The average molecular weight is 631 g/mol. The van der Waals surface area contributed by atoms with Gasteiger partial charge < -0.3 is 14.6 Å². The third-order valence-corrected chi connectivity index (χ3v) is 9.70. The number of pyridine rings is 1. The number of rotatable bonds is 8. The molecule has 1 aliphatic carbocycles. The number of nitrogens with zero attached hydrogens (tertiary/aromatic N) is 5. The van der Waals surface area contributed by atoms with E-state index in [4.69, 9.17) is 14.8 Å². The van der Waals surface area contributed by atoms with E-state index >= 15 is 8.78 Å². The summed E-state index contributed by atoms with van der Waals surface area (Å²) in [4.78, 5) is 9.71. The van der Waals surface area contributed by atoms with E-state index in [0.717, 1.165) is 65.7 Å². The van der Waals surface area contributed by atoms with E-state index < -0.39 is 17.5 Å². The molecule has 11 heteroatoms. The minimum absolute atomic E-state index is 0.0874. The summed E-state index contributed by atoms with van der Waals surface area (Å²) in [6.45, 7) is 5.86. The van der Waals surface area contributed by atoms with Gasteiger partial charge in [-0.15, -0.1) is 11.3 Å². The second kappa shape index (κ2) is 11.9. The number of benzene rings is 1. The zero-order valence-electron chi connectivity index (χ0n) is 25.3. The van der Waals surface area contributed by atoms with Crippen molar-refractivity contribution in [3.8, 4) is 22.6 Å². The van der Waals surface area contributed by atoms with E-state index in [2.05, 4.69) is 17.2 Å². The molecule has 0 spiro atoms. The highest BCUT2D eigenvalue weighted by molar-refractivity contribution is 7.17. The Kier molecular flexibility index (Phi) is 7.83. The molecule has 0 bridgehead atoms. The smallest absolute Gasteiger partial charge is 0.142 e. The van der Waals surface area contributed by atoms with Crippen molar-refractivity contribution < 1.29 is 17.9 Å². The highest BCUT2D eigenvalue weighted by atomic mass is 32.1. The predicted octanol–water partition coefficient (Wildman–Crippen LogP) is 8.32. The van der Waals surface area contributed by atoms with Crippen LogP contribution in [0.5, 0.6) is 0 Å². The molecule has 1 aromatic carbocycles. The summed E-state index contributed by atoms with van der Waals surface area (Å²) < 4.78 is 55.7. The molecular formula is C34H33F3N6OS. The fourth-order valence-corrected chi connectivity index (χ4v) is 6.92. The highest BCUT2D eigenvalue weighted by Crippen LogP contribution is 2.41. The van der Waals surface area contributed by atoms with Crippen molar-refractivity contribution in [2.45, 2.75) is 45.7 Å². The molecule has 5 heterocycles. The Bertz CT molecular complexity index is 2020. The predicted molar refractivity (Wildman–Crippen MR) is 172 cm³/mol. The number of imidazole rings is 1. The first kappa shape index (κ1) is 29.5. The molecule has 0 saturated heterocycles. The van der Waals surface area contributed by atoms with E-state index in [0.29, 0.717) is 40.9 Å². The third kappa shape index (κ3) is 5.59. The van der Waals surface area contributed by atoms with Crippen LogP contribution in [0.4, 0.5) is 13.2 Å². The van der Waals surface area contributed by atoms with Gasteiger partial charge in [0.1, 0.15) is 29.0 Å². The summed E-state index contributed by atoms with van der Waals surface area (Å²) in [6.07, 6.45) is 7.64. The molecule has 1 aliphatic heterocycles. The van der Waals surface area contributed by atoms with Crippen LogP contribution < -0.4 is 5.32 Å². The number of nitrogens with one attached hydrogen (secondary N) is 1. The monoisotopic (exact) mass is 630 g/mol. The van der Waals surface area contributed by atoms with Crippen molar-refractivity contribution in [3.63, 3.8) is 0 Å². The molecule has 7 nitrogen and oxygen atoms in total. The maximum absolute atomic E-state index is 15.7. The molecule has 7 rings (SSSR count). The third-order valence-electron chi connectivity index (χ3n) is 8.74. The van der Waals surface area contributed by atoms with Crippen LogP contribution in [0.25, 0.3) is 49.8 Å². The molecule has 0 amide bonds. The van der Waals surface area contributed by atoms with Crippen LogP contribution in [0.3, 0.4) is 0 Å². The summed E-state index contributed by atoms with van der Waals surface area (Å²) in [5, 5.41) is 9.80. The summed E-state index contributed by atoms with van der Waals surface area (Å²) in [5.74, 6) is -0.852. The number of thiophene rings is 1. The fraction of sp³-hybridized carbons (Fsp3) is 0.324. The number of fused-ring (bicyclic) bond motifs is 3. The summed E-state index contributed by atoms with van der Waals surface area (Å²) in [5.41, 5.74) is 4.98. The number of ether oxygens (including phenoxy) is 1. The van der Waals surface area contributed by atoms with Gasteiger partial charge in [-0.3, -0.25) is 4.68 Å². The molecule has 0 radical (unpaired) electrons. The normalized spacial score (nSPS) is 17.9. The second-order valence-corrected chi connectivity index (χ2v) is 12.7. The van der Waals surface area contributed by atoms with Crippen molar-refractivity contribution >= 4 is 38.5 Å². The van der Waals surface area contributed by atoms with E-state index in [9.17, 15) is 4.39 Å². The van der Waals surface area contributed by atoms with E-state index in [1.165, 1.54) is 29.4 Å². The Balaban J connectivity index is 1.36. The molecule has 1 fully saturated rings. The zero-order chi connectivity index (χ0) is 31.2. The Labute approximate surface area is 262 Å². The number of aryl methyl sites for hydroxylation is 2. The molecule has 45 heavy (non-hydrogen) atoms. The summed E-state index contributed by atoms with van der Waals surface area (Å²) in [6, 6.07) is 7.82. The molecule has 1 N–H and O–H groups in total. The van der Waals surface area contributed by atoms with E-state index in [1.807, 2.05) is 47.5 Å². The summed E-state index contributed by atoms with van der Waals surface area (Å²) in [7, 11) is 1.95. The highest BCUT2D eigenvalue weighted by Gasteiger charge is 2.25. The van der Waals surface area contributed by atoms with Gasteiger partial charge in [-0.05, 0) is 56.9 Å². The zero-order valence-corrected chi connectivity index (χ0v) is 26.1. The topological polar surface area (TPSA) is 69.8 Å². The van der Waals surface area contributed by atoms with Gasteiger partial charge in [0.25, 0.3) is 0 Å². The lowest BCUT2D eigenvalue weighted by Gasteiger charge is -2.24. The van der Waals surface area contributed by atoms with Gasteiger partial charge in [0, 0.05) is 54.2 Å². The summed E-state index contributed by atoms with van der Waals surface area (Å²) >= 11 is 1.19. The van der Waals surface area contributed by atoms with Crippen LogP contribution >= 0.6 is 11.3 Å². The van der Waals surface area contributed by atoms with Crippen LogP contribution in [0, 0.1) is 18.7 Å². The number of aromatic nitrogens is 5. The van der Waals surface area contributed by atoms with E-state index in [-0.39, 0.29) is 17.0 Å². The first-order valence-corrected chi connectivity index (χ1v) is 16.0. The minimum atomic E-state index is -0.886. The lowest BCUT2D eigenvalue weighted by atomic mass is 9.86. The van der Waals surface area contributed by atoms with Gasteiger partial charge >= 0.3 is 0 Å². The number of hydrogen-bond acceptors (Lipinski definition) is 6. The molecule has 4 aromatic heterocycles. The van der Waals surface area contributed by atoms with Crippen molar-refractivity contribution in [2.75, 3.05) is 13.2 Å². The molecule has 1 atom stereocenters. The van der Waals surface area contributed by atoms with Crippen molar-refractivity contribution in [1.82, 2.24) is 29.6 Å². The second-order valence-electron chi connectivity index (χ2n) is 11.9. The minimum Gasteiger partial charge on any atom is -0.501 e. The van der Waals surface area contributed by atoms with Gasteiger partial charge in [0.15, 0.2) is 0 Å². The Morgan fingerprint density at radius 3 is 2.78 bits per heavy atom. The van der Waals surface area contributed by atoms with Gasteiger partial charge in [-0.2, -0.15) is 5.10 Å². The Morgan fingerprint density at radius 2 is 2.00 bits per heavy atom. The lowest BCUT2D eigenvalue weighted by Crippen LogP contribution is -2.31. The first-order chi connectivity index (χ1) is 21.8. The number of hydrogen-bond donors (Lipinski definition) is 1. The molecule has 5 aromatic rings. The van der Waals surface area contributed by atoms with Crippen LogP contribution in [0.15, 0.2) is 59.7 Å². The standard InChI is InChI=1S/C34H33F3N6OS/c1-19-15-38-16-25-14-29(41-43(19)25)33-26(13-24(36)12-23(35)9-10-44-17-21-5-4-6-21)31-27(37)18-45-34(31)32(40-33)22-7-8-30-28(11-22)39-20(2)42(30)3/h7-14,18-19,21,38H,4-6,15-17H2,1-3H3/b10-9+,23-12+,24-13?. The molecule has 1 unspecified atom stereocenters. The van der Waals surface area contributed by atoms with Crippen LogP contribution in [0.2, 0.25) is 0 Å². The van der Waals surface area contributed by atoms with Gasteiger partial charge in [0.05, 0.1) is 51.7 Å². The van der Waals surface area contributed by atoms with Crippen molar-refractivity contribution in [3.05, 3.63) is 82.6 Å². The molecule has 232 valence electrons. The SMILES string of the molecule is Cc1nc2cc(-c3nc(-c4cc5n(n4)C(C)CNC5)c(C=C(F)/C=C(F)\C=C\OCC4CCC4)c4c(F)csc34)ccc2n1C. The number of allylic oxidation sites excluding steroid dienone is 4. The van der Waals surface area contributed by atoms with Crippen LogP contribution in [-0.2, 0) is 18.3 Å².